The summed E-state index contributed by atoms with van der Waals surface area (Å²) in [6.45, 7) is 4.32. The van der Waals surface area contributed by atoms with Crippen LogP contribution < -0.4 is 10.1 Å². The number of hydrogen-bond donors (Lipinski definition) is 1. The van der Waals surface area contributed by atoms with Gasteiger partial charge < -0.3 is 10.1 Å². The molecule has 3 rings (SSSR count). The van der Waals surface area contributed by atoms with Crippen molar-refractivity contribution in [3.63, 3.8) is 0 Å². The summed E-state index contributed by atoms with van der Waals surface area (Å²) in [4.78, 5) is 0. The minimum atomic E-state index is 0.446. The third-order valence-corrected chi connectivity index (χ3v) is 5.31. The summed E-state index contributed by atoms with van der Waals surface area (Å²) in [5.41, 5.74) is 3.94. The Morgan fingerprint density at radius 1 is 1.16 bits per heavy atom. The summed E-state index contributed by atoms with van der Waals surface area (Å²) >= 11 is 0. The number of aryl methyl sites for hydroxylation is 1. The van der Waals surface area contributed by atoms with E-state index in [2.05, 4.69) is 38.3 Å². The molecule has 0 saturated heterocycles. The molecular formula is C17H25NO. The Kier molecular flexibility index (Phi) is 3.30. The third-order valence-electron chi connectivity index (χ3n) is 5.31. The molecule has 2 heteroatoms. The van der Waals surface area contributed by atoms with Gasteiger partial charge in [0.25, 0.3) is 0 Å². The number of benzene rings is 1. The number of methoxy groups -OCH3 is 1. The van der Waals surface area contributed by atoms with Gasteiger partial charge in [0.2, 0.25) is 0 Å². The second kappa shape index (κ2) is 4.82. The molecule has 3 atom stereocenters. The molecule has 0 bridgehead atoms. The van der Waals surface area contributed by atoms with E-state index < -0.39 is 0 Å². The van der Waals surface area contributed by atoms with E-state index in [1.165, 1.54) is 36.0 Å². The van der Waals surface area contributed by atoms with E-state index in [0.29, 0.717) is 6.04 Å². The van der Waals surface area contributed by atoms with Crippen LogP contribution in [0.15, 0.2) is 12.1 Å². The molecule has 2 saturated carbocycles. The highest BCUT2D eigenvalue weighted by Gasteiger charge is 2.48. The van der Waals surface area contributed by atoms with E-state index >= 15 is 0 Å². The van der Waals surface area contributed by atoms with Crippen LogP contribution in [0.25, 0.3) is 0 Å². The normalized spacial score (nSPS) is 30.0. The molecule has 104 valence electrons. The van der Waals surface area contributed by atoms with Gasteiger partial charge >= 0.3 is 0 Å². The molecule has 2 fully saturated rings. The van der Waals surface area contributed by atoms with E-state index in [-0.39, 0.29) is 0 Å². The summed E-state index contributed by atoms with van der Waals surface area (Å²) < 4.78 is 5.70. The van der Waals surface area contributed by atoms with Crippen LogP contribution in [0.4, 0.5) is 0 Å². The van der Waals surface area contributed by atoms with Gasteiger partial charge in [-0.15, -0.1) is 0 Å². The van der Waals surface area contributed by atoms with Gasteiger partial charge in [-0.1, -0.05) is 12.1 Å². The molecule has 0 radical (unpaired) electrons. The van der Waals surface area contributed by atoms with Crippen LogP contribution in [0, 0.1) is 31.6 Å². The SMILES string of the molecule is CNC(c1ccc(C)c(C)c1OC)C1CC2CC2C1. The van der Waals surface area contributed by atoms with Gasteiger partial charge in [-0.2, -0.15) is 0 Å². The monoisotopic (exact) mass is 259 g/mol. The van der Waals surface area contributed by atoms with Crippen molar-refractivity contribution in [1.82, 2.24) is 5.32 Å². The molecule has 2 aliphatic rings. The summed E-state index contributed by atoms with van der Waals surface area (Å²) in [6, 6.07) is 4.93. The minimum Gasteiger partial charge on any atom is -0.496 e. The van der Waals surface area contributed by atoms with Crippen molar-refractivity contribution in [3.8, 4) is 5.75 Å². The van der Waals surface area contributed by atoms with Gasteiger partial charge in [-0.3, -0.25) is 0 Å². The fourth-order valence-corrected chi connectivity index (χ4v) is 4.01. The average Bonchev–Trinajstić information content (AvgIpc) is 3.02. The maximum Gasteiger partial charge on any atom is 0.126 e. The molecule has 0 spiro atoms. The quantitative estimate of drug-likeness (QED) is 0.891. The van der Waals surface area contributed by atoms with Crippen LogP contribution in [0.5, 0.6) is 5.75 Å². The summed E-state index contributed by atoms with van der Waals surface area (Å²) in [5.74, 6) is 3.92. The van der Waals surface area contributed by atoms with Crippen molar-refractivity contribution in [1.29, 1.82) is 0 Å². The van der Waals surface area contributed by atoms with Gasteiger partial charge in [0.1, 0.15) is 5.75 Å². The van der Waals surface area contributed by atoms with E-state index in [0.717, 1.165) is 23.5 Å². The summed E-state index contributed by atoms with van der Waals surface area (Å²) in [6.07, 6.45) is 4.27. The van der Waals surface area contributed by atoms with E-state index in [4.69, 9.17) is 4.74 Å². The molecular weight excluding hydrogens is 234 g/mol. The first-order valence-electron chi connectivity index (χ1n) is 7.47. The minimum absolute atomic E-state index is 0.446. The summed E-state index contributed by atoms with van der Waals surface area (Å²) in [5, 5.41) is 3.54. The molecule has 0 heterocycles. The van der Waals surface area contributed by atoms with Crippen molar-refractivity contribution in [3.05, 3.63) is 28.8 Å². The van der Waals surface area contributed by atoms with Crippen molar-refractivity contribution >= 4 is 0 Å². The molecule has 19 heavy (non-hydrogen) atoms. The molecule has 1 aromatic rings. The van der Waals surface area contributed by atoms with E-state index in [9.17, 15) is 0 Å². The number of rotatable bonds is 4. The highest BCUT2D eigenvalue weighted by Crippen LogP contribution is 2.57. The Morgan fingerprint density at radius 3 is 2.42 bits per heavy atom. The van der Waals surface area contributed by atoms with E-state index in [1.807, 2.05) is 0 Å². The molecule has 2 aliphatic carbocycles. The maximum atomic E-state index is 5.70. The standard InChI is InChI=1S/C17H25NO/c1-10-5-6-15(17(19-4)11(10)2)16(18-3)14-8-12-7-13(12)9-14/h5-6,12-14,16,18H,7-9H2,1-4H3. The van der Waals surface area contributed by atoms with Crippen molar-refractivity contribution in [2.75, 3.05) is 14.2 Å². The number of fused-ring (bicyclic) bond motifs is 1. The molecule has 3 unspecified atom stereocenters. The van der Waals surface area contributed by atoms with Gasteiger partial charge in [-0.25, -0.2) is 0 Å². The molecule has 1 N–H and O–H groups in total. The smallest absolute Gasteiger partial charge is 0.126 e. The highest BCUT2D eigenvalue weighted by atomic mass is 16.5. The third kappa shape index (κ3) is 2.16. The van der Waals surface area contributed by atoms with Crippen LogP contribution in [0.1, 0.15) is 42.0 Å². The Balaban J connectivity index is 1.92. The Hall–Kier alpha value is -1.02. The van der Waals surface area contributed by atoms with Crippen molar-refractivity contribution < 1.29 is 4.74 Å². The predicted octanol–water partition coefficient (Wildman–Crippen LogP) is 3.62. The second-order valence-corrected chi connectivity index (χ2v) is 6.38. The maximum absolute atomic E-state index is 5.70. The Morgan fingerprint density at radius 2 is 1.84 bits per heavy atom. The number of hydrogen-bond acceptors (Lipinski definition) is 2. The van der Waals surface area contributed by atoms with Gasteiger partial charge in [0.15, 0.2) is 0 Å². The first kappa shape index (κ1) is 13.0. The van der Waals surface area contributed by atoms with E-state index in [1.54, 1.807) is 7.11 Å². The first-order valence-corrected chi connectivity index (χ1v) is 7.47. The van der Waals surface area contributed by atoms with Crippen molar-refractivity contribution in [2.45, 2.75) is 39.2 Å². The van der Waals surface area contributed by atoms with Crippen molar-refractivity contribution in [2.24, 2.45) is 17.8 Å². The number of nitrogens with one attached hydrogen (secondary N) is 1. The fourth-order valence-electron chi connectivity index (χ4n) is 4.01. The van der Waals surface area contributed by atoms with Gasteiger partial charge in [-0.05, 0) is 69.0 Å². The lowest BCUT2D eigenvalue weighted by Crippen LogP contribution is -2.25. The number of ether oxygens (including phenoxy) is 1. The van der Waals surface area contributed by atoms with Crippen LogP contribution in [0.3, 0.4) is 0 Å². The zero-order chi connectivity index (χ0) is 13.6. The zero-order valence-corrected chi connectivity index (χ0v) is 12.5. The van der Waals surface area contributed by atoms with Crippen LogP contribution >= 0.6 is 0 Å². The average molecular weight is 259 g/mol. The predicted molar refractivity (Wildman–Crippen MR) is 78.6 cm³/mol. The molecule has 0 amide bonds. The topological polar surface area (TPSA) is 21.3 Å². The molecule has 0 aliphatic heterocycles. The molecule has 2 nitrogen and oxygen atoms in total. The Bertz CT molecular complexity index is 472. The van der Waals surface area contributed by atoms with Gasteiger partial charge in [0.05, 0.1) is 7.11 Å². The Labute approximate surface area is 116 Å². The first-order chi connectivity index (χ1) is 9.15. The van der Waals surface area contributed by atoms with Crippen LogP contribution in [-0.2, 0) is 0 Å². The zero-order valence-electron chi connectivity index (χ0n) is 12.5. The summed E-state index contributed by atoms with van der Waals surface area (Å²) in [7, 11) is 3.88. The van der Waals surface area contributed by atoms with Crippen LogP contribution in [-0.4, -0.2) is 14.2 Å². The largest absolute Gasteiger partial charge is 0.496 e. The molecule has 0 aromatic heterocycles. The lowest BCUT2D eigenvalue weighted by atomic mass is 9.87. The second-order valence-electron chi connectivity index (χ2n) is 6.38. The fraction of sp³-hybridized carbons (Fsp3) is 0.647. The van der Waals surface area contributed by atoms with Crippen LogP contribution in [0.2, 0.25) is 0 Å². The molecule has 1 aromatic carbocycles. The lowest BCUT2D eigenvalue weighted by Gasteiger charge is -2.27. The highest BCUT2D eigenvalue weighted by molar-refractivity contribution is 5.47. The van der Waals surface area contributed by atoms with Gasteiger partial charge in [0, 0.05) is 11.6 Å². The lowest BCUT2D eigenvalue weighted by molar-refractivity contribution is 0.339.